The molecule has 0 aliphatic rings. The third kappa shape index (κ3) is 2.84. The molecule has 0 unspecified atom stereocenters. The maximum absolute atomic E-state index is 13.2. The molecule has 26 heavy (non-hydrogen) atoms. The number of rotatable bonds is 5. The Morgan fingerprint density at radius 2 is 1.62 bits per heavy atom. The highest BCUT2D eigenvalue weighted by Gasteiger charge is 2.18. The second-order valence-corrected chi connectivity index (χ2v) is 5.58. The molecule has 6 nitrogen and oxygen atoms in total. The van der Waals surface area contributed by atoms with Crippen LogP contribution < -0.4 is 19.6 Å². The van der Waals surface area contributed by atoms with E-state index in [-0.39, 0.29) is 12.0 Å². The number of hydrogen-bond acceptors (Lipinski definition) is 5. The van der Waals surface area contributed by atoms with Crippen LogP contribution in [0.1, 0.15) is 0 Å². The van der Waals surface area contributed by atoms with Gasteiger partial charge in [0.15, 0.2) is 0 Å². The third-order valence-electron chi connectivity index (χ3n) is 4.23. The zero-order valence-electron chi connectivity index (χ0n) is 14.8. The van der Waals surface area contributed by atoms with Gasteiger partial charge in [0.25, 0.3) is 0 Å². The summed E-state index contributed by atoms with van der Waals surface area (Å²) in [6.07, 6.45) is 1.68. The van der Waals surface area contributed by atoms with Crippen LogP contribution in [0.5, 0.6) is 17.2 Å². The van der Waals surface area contributed by atoms with Crippen molar-refractivity contribution in [3.05, 3.63) is 52.8 Å². The zero-order valence-corrected chi connectivity index (χ0v) is 14.8. The minimum absolute atomic E-state index is 0.0729. The predicted octanol–water partition coefficient (Wildman–Crippen LogP) is 3.22. The summed E-state index contributed by atoms with van der Waals surface area (Å²) in [7, 11) is 4.62. The second-order valence-electron chi connectivity index (χ2n) is 5.58. The molecule has 0 aliphatic carbocycles. The fraction of sp³-hybridized carbons (Fsp3) is 0.200. The molecule has 0 amide bonds. The molecule has 1 aromatic heterocycles. The van der Waals surface area contributed by atoms with Gasteiger partial charge in [0.1, 0.15) is 23.8 Å². The Morgan fingerprint density at radius 3 is 2.19 bits per heavy atom. The quantitative estimate of drug-likeness (QED) is 0.706. The number of methoxy groups -OCH3 is 3. The molecular formula is C20H18N2O4. The number of fused-ring (bicyclic) bond motifs is 1. The lowest BCUT2D eigenvalue weighted by Crippen LogP contribution is -2.14. The van der Waals surface area contributed by atoms with Crippen LogP contribution in [0.2, 0.25) is 0 Å². The number of nitrogens with zero attached hydrogens (tertiary/aromatic N) is 2. The van der Waals surface area contributed by atoms with Crippen LogP contribution in [0.4, 0.5) is 0 Å². The van der Waals surface area contributed by atoms with E-state index in [1.165, 1.54) is 14.2 Å². The Labute approximate surface area is 150 Å². The van der Waals surface area contributed by atoms with E-state index < -0.39 is 0 Å². The highest BCUT2D eigenvalue weighted by molar-refractivity contribution is 5.93. The Morgan fingerprint density at radius 1 is 0.962 bits per heavy atom. The Kier molecular flexibility index (Phi) is 4.81. The van der Waals surface area contributed by atoms with E-state index in [1.807, 2.05) is 12.1 Å². The molecule has 0 saturated heterocycles. The average molecular weight is 350 g/mol. The zero-order chi connectivity index (χ0) is 18.7. The molecule has 3 rings (SSSR count). The van der Waals surface area contributed by atoms with Crippen LogP contribution in [-0.2, 0) is 6.54 Å². The van der Waals surface area contributed by atoms with Gasteiger partial charge in [0, 0.05) is 11.8 Å². The first-order chi connectivity index (χ1) is 12.6. The van der Waals surface area contributed by atoms with Gasteiger partial charge in [-0.2, -0.15) is 5.26 Å². The van der Waals surface area contributed by atoms with Crippen molar-refractivity contribution in [1.82, 2.24) is 4.57 Å². The first kappa shape index (κ1) is 17.4. The van der Waals surface area contributed by atoms with E-state index in [9.17, 15) is 10.1 Å². The second kappa shape index (κ2) is 7.19. The molecule has 0 aliphatic heterocycles. The molecule has 6 heteroatoms. The first-order valence-corrected chi connectivity index (χ1v) is 7.94. The van der Waals surface area contributed by atoms with Gasteiger partial charge in [-0.15, -0.1) is 0 Å². The minimum Gasteiger partial charge on any atom is -0.497 e. The van der Waals surface area contributed by atoms with Crippen molar-refractivity contribution in [2.45, 2.75) is 6.54 Å². The van der Waals surface area contributed by atoms with Crippen LogP contribution >= 0.6 is 0 Å². The lowest BCUT2D eigenvalue weighted by Gasteiger charge is -2.16. The molecule has 0 radical (unpaired) electrons. The number of aromatic nitrogens is 1. The van der Waals surface area contributed by atoms with Crippen LogP contribution in [0.3, 0.4) is 0 Å². The standard InChI is InChI=1S/C20H18N2O4/c1-24-14-6-4-13(5-7-14)15-12-22(11-10-21)19-17(26-3)9-8-16(25-2)18(19)20(15)23/h4-9,12H,11H2,1-3H3. The monoisotopic (exact) mass is 350 g/mol. The first-order valence-electron chi connectivity index (χ1n) is 7.94. The molecule has 0 saturated carbocycles. The topological polar surface area (TPSA) is 73.5 Å². The third-order valence-corrected chi connectivity index (χ3v) is 4.23. The highest BCUT2D eigenvalue weighted by Crippen LogP contribution is 2.33. The summed E-state index contributed by atoms with van der Waals surface area (Å²) >= 11 is 0. The molecule has 0 bridgehead atoms. The van der Waals surface area contributed by atoms with Crippen molar-refractivity contribution >= 4 is 10.9 Å². The van der Waals surface area contributed by atoms with Gasteiger partial charge >= 0.3 is 0 Å². The number of benzene rings is 2. The van der Waals surface area contributed by atoms with E-state index >= 15 is 0 Å². The van der Waals surface area contributed by atoms with Crippen LogP contribution in [0.15, 0.2) is 47.4 Å². The van der Waals surface area contributed by atoms with Crippen LogP contribution in [-0.4, -0.2) is 25.9 Å². The molecule has 1 heterocycles. The summed E-state index contributed by atoms with van der Waals surface area (Å²) in [4.78, 5) is 13.2. The summed E-state index contributed by atoms with van der Waals surface area (Å²) in [5, 5.41) is 9.62. The van der Waals surface area contributed by atoms with Gasteiger partial charge in [-0.3, -0.25) is 4.79 Å². The normalized spacial score (nSPS) is 10.4. The van der Waals surface area contributed by atoms with Gasteiger partial charge in [-0.25, -0.2) is 0 Å². The number of pyridine rings is 1. The SMILES string of the molecule is COc1ccc(-c2cn(CC#N)c3c(OC)ccc(OC)c3c2=O)cc1. The number of nitriles is 1. The minimum atomic E-state index is -0.185. The van der Waals surface area contributed by atoms with Gasteiger partial charge in [-0.05, 0) is 29.8 Å². The van der Waals surface area contributed by atoms with E-state index in [0.717, 1.165) is 5.56 Å². The van der Waals surface area contributed by atoms with Crippen molar-refractivity contribution < 1.29 is 14.2 Å². The van der Waals surface area contributed by atoms with E-state index in [4.69, 9.17) is 14.2 Å². The van der Waals surface area contributed by atoms with Crippen molar-refractivity contribution in [3.8, 4) is 34.4 Å². The maximum Gasteiger partial charge on any atom is 0.201 e. The average Bonchev–Trinajstić information content (AvgIpc) is 2.69. The van der Waals surface area contributed by atoms with Crippen molar-refractivity contribution in [3.63, 3.8) is 0 Å². The van der Waals surface area contributed by atoms with Gasteiger partial charge in [0.2, 0.25) is 5.43 Å². The Hall–Kier alpha value is -3.46. The fourth-order valence-electron chi connectivity index (χ4n) is 2.98. The van der Waals surface area contributed by atoms with Crippen LogP contribution in [0.25, 0.3) is 22.0 Å². The van der Waals surface area contributed by atoms with Crippen molar-refractivity contribution in [2.75, 3.05) is 21.3 Å². The highest BCUT2D eigenvalue weighted by atomic mass is 16.5. The summed E-state index contributed by atoms with van der Waals surface area (Å²) < 4.78 is 17.7. The maximum atomic E-state index is 13.2. The molecular weight excluding hydrogens is 332 g/mol. The molecule has 0 N–H and O–H groups in total. The van der Waals surface area contributed by atoms with E-state index in [2.05, 4.69) is 6.07 Å². The molecule has 132 valence electrons. The predicted molar refractivity (Wildman–Crippen MR) is 98.9 cm³/mol. The molecule has 0 spiro atoms. The molecule has 2 aromatic carbocycles. The fourth-order valence-corrected chi connectivity index (χ4v) is 2.98. The van der Waals surface area contributed by atoms with Crippen LogP contribution in [0, 0.1) is 11.3 Å². The number of hydrogen-bond donors (Lipinski definition) is 0. The Balaban J connectivity index is 2.40. The number of ether oxygens (including phenoxy) is 3. The molecule has 0 atom stereocenters. The van der Waals surface area contributed by atoms with Gasteiger partial charge in [-0.1, -0.05) is 12.1 Å². The van der Waals surface area contributed by atoms with Crippen molar-refractivity contribution in [1.29, 1.82) is 5.26 Å². The van der Waals surface area contributed by atoms with Gasteiger partial charge in [0.05, 0.1) is 38.3 Å². The summed E-state index contributed by atoms with van der Waals surface area (Å²) in [6, 6.07) is 12.7. The van der Waals surface area contributed by atoms with E-state index in [1.54, 1.807) is 42.1 Å². The smallest absolute Gasteiger partial charge is 0.201 e. The van der Waals surface area contributed by atoms with Crippen molar-refractivity contribution in [2.24, 2.45) is 0 Å². The van der Waals surface area contributed by atoms with Gasteiger partial charge < -0.3 is 18.8 Å². The summed E-state index contributed by atoms with van der Waals surface area (Å²) in [5.74, 6) is 1.65. The largest absolute Gasteiger partial charge is 0.497 e. The lowest BCUT2D eigenvalue weighted by molar-refractivity contribution is 0.408. The summed E-state index contributed by atoms with van der Waals surface area (Å²) in [6.45, 7) is 0.0729. The van der Waals surface area contributed by atoms with E-state index in [0.29, 0.717) is 33.7 Å². The molecule has 0 fully saturated rings. The lowest BCUT2D eigenvalue weighted by atomic mass is 10.0. The molecule has 3 aromatic rings. The summed E-state index contributed by atoms with van der Waals surface area (Å²) in [5.41, 5.74) is 1.56. The Bertz CT molecular complexity index is 1050.